The number of halogens is 1. The molecule has 1 saturated heterocycles. The number of rotatable bonds is 8. The van der Waals surface area contributed by atoms with Crippen LogP contribution >= 0.6 is 35.3 Å². The Bertz CT molecular complexity index is 612. The van der Waals surface area contributed by atoms with Crippen LogP contribution in [0.25, 0.3) is 0 Å². The normalized spacial score (nSPS) is 20.1. The minimum atomic E-state index is 0. The summed E-state index contributed by atoms with van der Waals surface area (Å²) in [5.74, 6) is 0.947. The second-order valence-corrected chi connectivity index (χ2v) is 9.51. The minimum absolute atomic E-state index is 0. The Balaban J connectivity index is 0.00000300. The molecule has 0 spiro atoms. The van der Waals surface area contributed by atoms with E-state index in [9.17, 15) is 0 Å². The van der Waals surface area contributed by atoms with Gasteiger partial charge in [0.2, 0.25) is 0 Å². The SMILES string of the molecule is CCNC(=NCC1(CN2CCOCC2)CCCCC1)NCCc1ncc(C)s1.I. The molecule has 0 amide bonds. The van der Waals surface area contributed by atoms with Crippen LogP contribution in [0.2, 0.25) is 0 Å². The summed E-state index contributed by atoms with van der Waals surface area (Å²) in [6.07, 6.45) is 9.55. The molecule has 1 aliphatic carbocycles. The Labute approximate surface area is 197 Å². The number of ether oxygens (including phenoxy) is 1. The molecule has 1 aliphatic heterocycles. The second kappa shape index (κ2) is 13.1. The van der Waals surface area contributed by atoms with Crippen molar-refractivity contribution >= 4 is 41.3 Å². The number of hydrogen-bond acceptors (Lipinski definition) is 5. The number of nitrogens with one attached hydrogen (secondary N) is 2. The monoisotopic (exact) mass is 535 g/mol. The lowest BCUT2D eigenvalue weighted by molar-refractivity contribution is 0.00937. The summed E-state index contributed by atoms with van der Waals surface area (Å²) in [6.45, 7) is 12.0. The minimum Gasteiger partial charge on any atom is -0.379 e. The molecule has 2 fully saturated rings. The van der Waals surface area contributed by atoms with Gasteiger partial charge in [-0.1, -0.05) is 19.3 Å². The lowest BCUT2D eigenvalue weighted by Crippen LogP contribution is -2.46. The van der Waals surface area contributed by atoms with Crippen LogP contribution in [0.15, 0.2) is 11.2 Å². The molecule has 6 nitrogen and oxygen atoms in total. The van der Waals surface area contributed by atoms with Crippen LogP contribution in [-0.2, 0) is 11.2 Å². The van der Waals surface area contributed by atoms with Crippen LogP contribution in [0, 0.1) is 12.3 Å². The highest BCUT2D eigenvalue weighted by atomic mass is 127. The summed E-state index contributed by atoms with van der Waals surface area (Å²) in [7, 11) is 0. The van der Waals surface area contributed by atoms with Crippen molar-refractivity contribution in [2.45, 2.75) is 52.4 Å². The van der Waals surface area contributed by atoms with Crippen molar-refractivity contribution in [2.24, 2.45) is 10.4 Å². The third kappa shape index (κ3) is 8.30. The summed E-state index contributed by atoms with van der Waals surface area (Å²) in [4.78, 5) is 13.4. The second-order valence-electron chi connectivity index (χ2n) is 8.19. The summed E-state index contributed by atoms with van der Waals surface area (Å²) < 4.78 is 5.54. The number of aromatic nitrogens is 1. The molecule has 8 heteroatoms. The molecule has 0 bridgehead atoms. The van der Waals surface area contributed by atoms with Gasteiger partial charge in [-0.2, -0.15) is 0 Å². The van der Waals surface area contributed by atoms with Gasteiger partial charge in [-0.05, 0) is 26.7 Å². The summed E-state index contributed by atoms with van der Waals surface area (Å²) in [5, 5.41) is 8.13. The predicted octanol–water partition coefficient (Wildman–Crippen LogP) is 3.45. The quantitative estimate of drug-likeness (QED) is 0.304. The Morgan fingerprint density at radius 2 is 2.00 bits per heavy atom. The van der Waals surface area contributed by atoms with E-state index in [-0.39, 0.29) is 24.0 Å². The van der Waals surface area contributed by atoms with Crippen molar-refractivity contribution in [3.63, 3.8) is 0 Å². The van der Waals surface area contributed by atoms with Crippen molar-refractivity contribution in [1.82, 2.24) is 20.5 Å². The van der Waals surface area contributed by atoms with Crippen LogP contribution in [0.1, 0.15) is 48.9 Å². The predicted molar refractivity (Wildman–Crippen MR) is 133 cm³/mol. The maximum atomic E-state index is 5.54. The zero-order valence-corrected chi connectivity index (χ0v) is 21.2. The first-order chi connectivity index (χ1) is 13.7. The summed E-state index contributed by atoms with van der Waals surface area (Å²) >= 11 is 1.78. The van der Waals surface area contributed by atoms with Gasteiger partial charge < -0.3 is 15.4 Å². The van der Waals surface area contributed by atoms with Crippen LogP contribution < -0.4 is 10.6 Å². The molecule has 1 saturated carbocycles. The van der Waals surface area contributed by atoms with Gasteiger partial charge in [-0.3, -0.25) is 9.89 Å². The molecule has 1 aromatic heterocycles. The molecule has 3 rings (SSSR count). The Hall–Kier alpha value is -0.450. The van der Waals surface area contributed by atoms with Crippen LogP contribution in [0.3, 0.4) is 0 Å². The number of aryl methyl sites for hydroxylation is 1. The molecule has 2 heterocycles. The van der Waals surface area contributed by atoms with E-state index in [2.05, 4.69) is 34.4 Å². The molecule has 2 aliphatic rings. The van der Waals surface area contributed by atoms with Gasteiger partial charge in [0.1, 0.15) is 0 Å². The van der Waals surface area contributed by atoms with E-state index in [1.165, 1.54) is 42.0 Å². The third-order valence-corrected chi connectivity index (χ3v) is 6.77. The number of nitrogens with zero attached hydrogens (tertiary/aromatic N) is 3. The standard InChI is InChI=1S/C21H37N5OS.HI/c1-3-22-20(23-10-7-19-24-15-18(2)28-19)25-16-21(8-5-4-6-9-21)17-26-11-13-27-14-12-26;/h15H,3-14,16-17H2,1-2H3,(H2,22,23,25);1H. The van der Waals surface area contributed by atoms with E-state index in [0.29, 0.717) is 5.41 Å². The van der Waals surface area contributed by atoms with Gasteiger partial charge in [-0.15, -0.1) is 35.3 Å². The average molecular weight is 536 g/mol. The molecule has 0 aromatic carbocycles. The summed E-state index contributed by atoms with van der Waals surface area (Å²) in [6, 6.07) is 0. The first kappa shape index (κ1) is 24.8. The first-order valence-electron chi connectivity index (χ1n) is 10.9. The van der Waals surface area contributed by atoms with Crippen molar-refractivity contribution in [1.29, 1.82) is 0 Å². The van der Waals surface area contributed by atoms with Crippen molar-refractivity contribution in [3.05, 3.63) is 16.1 Å². The Morgan fingerprint density at radius 1 is 1.24 bits per heavy atom. The molecule has 0 unspecified atom stereocenters. The van der Waals surface area contributed by atoms with Gasteiger partial charge in [0.15, 0.2) is 5.96 Å². The highest BCUT2D eigenvalue weighted by molar-refractivity contribution is 14.0. The third-order valence-electron chi connectivity index (χ3n) is 5.79. The maximum absolute atomic E-state index is 5.54. The molecule has 29 heavy (non-hydrogen) atoms. The van der Waals surface area contributed by atoms with Crippen LogP contribution in [0.5, 0.6) is 0 Å². The first-order valence-corrected chi connectivity index (χ1v) is 11.7. The van der Waals surface area contributed by atoms with Crippen molar-refractivity contribution in [3.8, 4) is 0 Å². The molecule has 0 radical (unpaired) electrons. The molecular weight excluding hydrogens is 497 g/mol. The molecule has 2 N–H and O–H groups in total. The van der Waals surface area contributed by atoms with Crippen LogP contribution in [-0.4, -0.2) is 68.3 Å². The zero-order valence-electron chi connectivity index (χ0n) is 18.0. The van der Waals surface area contributed by atoms with Gasteiger partial charge >= 0.3 is 0 Å². The highest BCUT2D eigenvalue weighted by Gasteiger charge is 2.34. The van der Waals surface area contributed by atoms with E-state index >= 15 is 0 Å². The number of hydrogen-bond donors (Lipinski definition) is 2. The van der Waals surface area contributed by atoms with E-state index < -0.39 is 0 Å². The Morgan fingerprint density at radius 3 is 2.66 bits per heavy atom. The number of thiazole rings is 1. The fourth-order valence-electron chi connectivity index (χ4n) is 4.29. The average Bonchev–Trinajstić information content (AvgIpc) is 3.13. The molecule has 0 atom stereocenters. The Kier molecular flexibility index (Phi) is 11.2. The largest absolute Gasteiger partial charge is 0.379 e. The maximum Gasteiger partial charge on any atom is 0.191 e. The molecular formula is C21H38IN5OS. The molecule has 1 aromatic rings. The molecule has 166 valence electrons. The van der Waals surface area contributed by atoms with E-state index in [0.717, 1.165) is 64.9 Å². The van der Waals surface area contributed by atoms with Gasteiger partial charge in [0.25, 0.3) is 0 Å². The number of morpholine rings is 1. The fraction of sp³-hybridized carbons (Fsp3) is 0.810. The zero-order chi connectivity index (χ0) is 19.7. The lowest BCUT2D eigenvalue weighted by Gasteiger charge is -2.41. The van der Waals surface area contributed by atoms with Crippen molar-refractivity contribution < 1.29 is 4.74 Å². The number of aliphatic imine (C=N–C) groups is 1. The summed E-state index contributed by atoms with van der Waals surface area (Å²) in [5.41, 5.74) is 0.324. The number of guanidine groups is 1. The van der Waals surface area contributed by atoms with E-state index in [1.54, 1.807) is 11.3 Å². The van der Waals surface area contributed by atoms with E-state index in [1.807, 2.05) is 6.20 Å². The fourth-order valence-corrected chi connectivity index (χ4v) is 5.08. The van der Waals surface area contributed by atoms with E-state index in [4.69, 9.17) is 9.73 Å². The highest BCUT2D eigenvalue weighted by Crippen LogP contribution is 2.37. The van der Waals surface area contributed by atoms with Gasteiger partial charge in [0, 0.05) is 62.2 Å². The topological polar surface area (TPSA) is 61.8 Å². The van der Waals surface area contributed by atoms with Gasteiger partial charge in [0.05, 0.1) is 18.2 Å². The van der Waals surface area contributed by atoms with Gasteiger partial charge in [-0.25, -0.2) is 4.98 Å². The lowest BCUT2D eigenvalue weighted by atomic mass is 9.73. The smallest absolute Gasteiger partial charge is 0.191 e. The van der Waals surface area contributed by atoms with Crippen LogP contribution in [0.4, 0.5) is 0 Å². The van der Waals surface area contributed by atoms with Crippen molar-refractivity contribution in [2.75, 3.05) is 52.5 Å².